The van der Waals surface area contributed by atoms with Crippen LogP contribution in [-0.4, -0.2) is 24.4 Å². The van der Waals surface area contributed by atoms with Crippen molar-refractivity contribution in [2.24, 2.45) is 11.5 Å². The molecule has 1 rings (SSSR count). The normalized spacial score (nSPS) is 11.0. The van der Waals surface area contributed by atoms with Gasteiger partial charge in [0.25, 0.3) is 5.91 Å². The van der Waals surface area contributed by atoms with Gasteiger partial charge in [0.05, 0.1) is 6.54 Å². The van der Waals surface area contributed by atoms with Gasteiger partial charge in [-0.15, -0.1) is 0 Å². The van der Waals surface area contributed by atoms with Crippen molar-refractivity contribution in [3.8, 4) is 11.8 Å². The minimum Gasteiger partial charge on any atom is -0.368 e. The molecule has 0 spiro atoms. The summed E-state index contributed by atoms with van der Waals surface area (Å²) in [7, 11) is 0. The van der Waals surface area contributed by atoms with Crippen LogP contribution in [0, 0.1) is 11.8 Å². The van der Waals surface area contributed by atoms with Crippen LogP contribution in [0.5, 0.6) is 0 Å². The zero-order valence-corrected chi connectivity index (χ0v) is 10.1. The first-order valence-electron chi connectivity index (χ1n) is 5.43. The van der Waals surface area contributed by atoms with Gasteiger partial charge in [-0.3, -0.25) is 9.59 Å². The number of rotatable bonds is 3. The summed E-state index contributed by atoms with van der Waals surface area (Å²) in [4.78, 5) is 22.5. The molecule has 0 saturated heterocycles. The molecule has 5 nitrogen and oxygen atoms in total. The Bertz CT molecular complexity index is 497. The molecule has 1 atom stereocenters. The summed E-state index contributed by atoms with van der Waals surface area (Å²) in [6.07, 6.45) is 0. The Labute approximate surface area is 106 Å². The van der Waals surface area contributed by atoms with Gasteiger partial charge in [0.2, 0.25) is 5.91 Å². The number of primary amides is 1. The molecule has 0 aliphatic carbocycles. The van der Waals surface area contributed by atoms with E-state index in [1.807, 2.05) is 0 Å². The maximum Gasteiger partial charge on any atom is 0.251 e. The molecule has 0 aliphatic heterocycles. The minimum absolute atomic E-state index is 0.290. The molecule has 0 radical (unpaired) electrons. The first-order chi connectivity index (χ1) is 8.54. The van der Waals surface area contributed by atoms with Gasteiger partial charge in [-0.1, -0.05) is 11.8 Å². The lowest BCUT2D eigenvalue weighted by Gasteiger charge is -2.09. The van der Waals surface area contributed by atoms with Crippen LogP contribution >= 0.6 is 0 Å². The van der Waals surface area contributed by atoms with E-state index in [0.29, 0.717) is 12.1 Å². The molecule has 1 aromatic rings. The minimum atomic E-state index is -0.700. The van der Waals surface area contributed by atoms with Crippen LogP contribution in [0.4, 0.5) is 0 Å². The van der Waals surface area contributed by atoms with Crippen LogP contribution in [0.15, 0.2) is 24.3 Å². The number of nitrogens with one attached hydrogen (secondary N) is 1. The summed E-state index contributed by atoms with van der Waals surface area (Å²) in [5, 5.41) is 2.49. The molecule has 5 heteroatoms. The van der Waals surface area contributed by atoms with Crippen molar-refractivity contribution in [2.75, 3.05) is 6.54 Å². The van der Waals surface area contributed by atoms with E-state index in [1.54, 1.807) is 24.3 Å². The summed E-state index contributed by atoms with van der Waals surface area (Å²) < 4.78 is 0. The average Bonchev–Trinajstić information content (AvgIpc) is 2.36. The number of hydrogen-bond donors (Lipinski definition) is 3. The fraction of sp³-hybridized carbons (Fsp3) is 0.231. The van der Waals surface area contributed by atoms with Crippen LogP contribution in [0.25, 0.3) is 0 Å². The van der Waals surface area contributed by atoms with Gasteiger partial charge in [-0.2, -0.15) is 0 Å². The van der Waals surface area contributed by atoms with Crippen LogP contribution < -0.4 is 16.8 Å². The molecule has 0 aliphatic rings. The highest BCUT2D eigenvalue weighted by molar-refractivity contribution is 5.97. The van der Waals surface area contributed by atoms with Gasteiger partial charge in [-0.25, -0.2) is 0 Å². The molecular weight excluding hydrogens is 230 g/mol. The smallest absolute Gasteiger partial charge is 0.251 e. The number of carbonyl (C=O) groups excluding carboxylic acids is 2. The van der Waals surface area contributed by atoms with Crippen LogP contribution in [0.3, 0.4) is 0 Å². The third-order valence-electron chi connectivity index (χ3n) is 2.26. The van der Waals surface area contributed by atoms with Gasteiger partial charge in [0, 0.05) is 11.1 Å². The van der Waals surface area contributed by atoms with Crippen molar-refractivity contribution in [1.82, 2.24) is 5.32 Å². The Kier molecular flexibility index (Phi) is 4.90. The second-order valence-corrected chi connectivity index (χ2v) is 3.68. The van der Waals surface area contributed by atoms with Crippen LogP contribution in [0.1, 0.15) is 22.8 Å². The van der Waals surface area contributed by atoms with Gasteiger partial charge in [0.15, 0.2) is 0 Å². The predicted molar refractivity (Wildman–Crippen MR) is 68.5 cm³/mol. The molecule has 94 valence electrons. The zero-order valence-electron chi connectivity index (χ0n) is 10.1. The number of nitrogens with two attached hydrogens (primary N) is 2. The highest BCUT2D eigenvalue weighted by Crippen LogP contribution is 2.03. The van der Waals surface area contributed by atoms with E-state index < -0.39 is 11.9 Å². The summed E-state index contributed by atoms with van der Waals surface area (Å²) in [5.41, 5.74) is 11.5. The van der Waals surface area contributed by atoms with Gasteiger partial charge in [0.1, 0.15) is 6.04 Å². The average molecular weight is 245 g/mol. The Morgan fingerprint density at radius 3 is 2.44 bits per heavy atom. The number of benzene rings is 1. The van der Waals surface area contributed by atoms with Crippen LogP contribution in [0.2, 0.25) is 0 Å². The van der Waals surface area contributed by atoms with E-state index >= 15 is 0 Å². The van der Waals surface area contributed by atoms with Crippen molar-refractivity contribution >= 4 is 11.8 Å². The number of hydrogen-bond acceptors (Lipinski definition) is 3. The highest BCUT2D eigenvalue weighted by Gasteiger charge is 2.13. The van der Waals surface area contributed by atoms with E-state index in [9.17, 15) is 9.59 Å². The van der Waals surface area contributed by atoms with Crippen molar-refractivity contribution in [2.45, 2.75) is 13.0 Å². The fourth-order valence-corrected chi connectivity index (χ4v) is 1.21. The molecule has 0 fully saturated rings. The summed E-state index contributed by atoms with van der Waals surface area (Å²) in [6.45, 7) is 1.82. The monoisotopic (exact) mass is 245 g/mol. The third kappa shape index (κ3) is 3.92. The highest BCUT2D eigenvalue weighted by atomic mass is 16.2. The van der Waals surface area contributed by atoms with E-state index in [1.165, 1.54) is 6.92 Å². The van der Waals surface area contributed by atoms with Crippen LogP contribution in [-0.2, 0) is 4.79 Å². The molecule has 1 unspecified atom stereocenters. The molecular formula is C13H15N3O2. The number of amides is 2. The van der Waals surface area contributed by atoms with Gasteiger partial charge < -0.3 is 16.8 Å². The Hall–Kier alpha value is -2.32. The van der Waals surface area contributed by atoms with Crippen molar-refractivity contribution < 1.29 is 9.59 Å². The standard InChI is InChI=1S/C13H15N3O2/c1-9(12(15)17)16-13(18)11-6-4-10(5-7-11)3-2-8-14/h4-7,9H,8,14H2,1H3,(H2,15,17)(H,16,18). The lowest BCUT2D eigenvalue weighted by Crippen LogP contribution is -2.42. The van der Waals surface area contributed by atoms with E-state index in [2.05, 4.69) is 17.2 Å². The largest absolute Gasteiger partial charge is 0.368 e. The van der Waals surface area contributed by atoms with Crippen molar-refractivity contribution in [3.63, 3.8) is 0 Å². The lowest BCUT2D eigenvalue weighted by atomic mass is 10.1. The quantitative estimate of drug-likeness (QED) is 0.632. The first-order valence-corrected chi connectivity index (χ1v) is 5.43. The summed E-state index contributed by atoms with van der Waals surface area (Å²) in [6, 6.07) is 5.99. The second-order valence-electron chi connectivity index (χ2n) is 3.68. The predicted octanol–water partition coefficient (Wildman–Crippen LogP) is -0.400. The maximum absolute atomic E-state index is 11.7. The second kappa shape index (κ2) is 6.42. The Morgan fingerprint density at radius 1 is 1.33 bits per heavy atom. The van der Waals surface area contributed by atoms with E-state index in [4.69, 9.17) is 11.5 Å². The summed E-state index contributed by atoms with van der Waals surface area (Å²) >= 11 is 0. The first kappa shape index (κ1) is 13.7. The molecule has 1 aromatic carbocycles. The van der Waals surface area contributed by atoms with E-state index in [0.717, 1.165) is 5.56 Å². The summed E-state index contributed by atoms with van der Waals surface area (Å²) in [5.74, 6) is 4.64. The molecule has 0 aromatic heterocycles. The topological polar surface area (TPSA) is 98.2 Å². The maximum atomic E-state index is 11.7. The molecule has 2 amide bonds. The lowest BCUT2D eigenvalue weighted by molar-refractivity contribution is -0.119. The molecule has 0 heterocycles. The Balaban J connectivity index is 2.73. The van der Waals surface area contributed by atoms with Crippen molar-refractivity contribution in [3.05, 3.63) is 35.4 Å². The molecule has 0 bridgehead atoms. The van der Waals surface area contributed by atoms with Crippen molar-refractivity contribution in [1.29, 1.82) is 0 Å². The molecule has 18 heavy (non-hydrogen) atoms. The van der Waals surface area contributed by atoms with E-state index in [-0.39, 0.29) is 5.91 Å². The third-order valence-corrected chi connectivity index (χ3v) is 2.26. The fourth-order valence-electron chi connectivity index (χ4n) is 1.21. The SMILES string of the molecule is CC(NC(=O)c1ccc(C#CCN)cc1)C(N)=O. The van der Waals surface area contributed by atoms with Gasteiger partial charge in [-0.05, 0) is 31.2 Å². The molecule has 0 saturated carbocycles. The van der Waals surface area contributed by atoms with Gasteiger partial charge >= 0.3 is 0 Å². The Morgan fingerprint density at radius 2 is 1.94 bits per heavy atom. The molecule has 5 N–H and O–H groups in total. The number of carbonyl (C=O) groups is 2. The zero-order chi connectivity index (χ0) is 13.5.